The molecule has 0 radical (unpaired) electrons. The van der Waals surface area contributed by atoms with Crippen molar-refractivity contribution >= 4 is 17.6 Å². The summed E-state index contributed by atoms with van der Waals surface area (Å²) in [5.41, 5.74) is 0.986. The third-order valence-corrected chi connectivity index (χ3v) is 4.01. The van der Waals surface area contributed by atoms with Gasteiger partial charge >= 0.3 is 0 Å². The maximum Gasteiger partial charge on any atom is 0.261 e. The number of carbonyl (C=O) groups is 3. The van der Waals surface area contributed by atoms with Gasteiger partial charge in [-0.3, -0.25) is 19.3 Å². The molecule has 2 aliphatic rings. The lowest BCUT2D eigenvalue weighted by Gasteiger charge is -2.24. The van der Waals surface area contributed by atoms with Gasteiger partial charge in [-0.15, -0.1) is 0 Å². The first kappa shape index (κ1) is 12.1. The van der Waals surface area contributed by atoms with Crippen molar-refractivity contribution in [3.05, 3.63) is 35.4 Å². The molecule has 0 saturated heterocycles. The Morgan fingerprint density at radius 2 is 1.68 bits per heavy atom. The molecule has 0 unspecified atom stereocenters. The fraction of sp³-hybridized carbons (Fsp3) is 0.400. The minimum Gasteiger partial charge on any atom is -0.299 e. The number of rotatable bonds is 4. The monoisotopic (exact) mass is 257 g/mol. The predicted octanol–water partition coefficient (Wildman–Crippen LogP) is 2.04. The molecule has 4 nitrogen and oxygen atoms in total. The minimum atomic E-state index is -0.208. The molecule has 1 aliphatic carbocycles. The number of hydrogen-bond acceptors (Lipinski definition) is 3. The van der Waals surface area contributed by atoms with Crippen LogP contribution in [0.25, 0.3) is 0 Å². The number of amides is 2. The van der Waals surface area contributed by atoms with E-state index in [0.717, 1.165) is 12.8 Å². The lowest BCUT2D eigenvalue weighted by atomic mass is 9.80. The van der Waals surface area contributed by atoms with Gasteiger partial charge in [0, 0.05) is 18.9 Å². The molecule has 0 aromatic heterocycles. The molecule has 19 heavy (non-hydrogen) atoms. The summed E-state index contributed by atoms with van der Waals surface area (Å²) in [6.45, 7) is 0.413. The molecule has 4 heteroatoms. The Morgan fingerprint density at radius 1 is 1.05 bits per heavy atom. The van der Waals surface area contributed by atoms with Crippen molar-refractivity contribution in [2.24, 2.45) is 5.92 Å². The van der Waals surface area contributed by atoms with Gasteiger partial charge in [-0.1, -0.05) is 12.1 Å². The molecule has 1 saturated carbocycles. The Bertz CT molecular complexity index is 529. The van der Waals surface area contributed by atoms with E-state index >= 15 is 0 Å². The van der Waals surface area contributed by atoms with E-state index < -0.39 is 0 Å². The van der Waals surface area contributed by atoms with Gasteiger partial charge in [0.25, 0.3) is 11.8 Å². The van der Waals surface area contributed by atoms with Gasteiger partial charge in [-0.2, -0.15) is 0 Å². The van der Waals surface area contributed by atoms with Crippen LogP contribution < -0.4 is 0 Å². The maximum atomic E-state index is 12.1. The predicted molar refractivity (Wildman–Crippen MR) is 68.8 cm³/mol. The van der Waals surface area contributed by atoms with Crippen LogP contribution in [0.3, 0.4) is 0 Å². The highest BCUT2D eigenvalue weighted by Gasteiger charge is 2.35. The third-order valence-electron chi connectivity index (χ3n) is 4.01. The van der Waals surface area contributed by atoms with E-state index in [1.807, 2.05) is 0 Å². The zero-order chi connectivity index (χ0) is 13.4. The summed E-state index contributed by atoms with van der Waals surface area (Å²) in [4.78, 5) is 36.7. The Morgan fingerprint density at radius 3 is 2.16 bits per heavy atom. The Labute approximate surface area is 111 Å². The van der Waals surface area contributed by atoms with Crippen LogP contribution >= 0.6 is 0 Å². The Kier molecular flexibility index (Phi) is 2.93. The average molecular weight is 257 g/mol. The lowest BCUT2D eigenvalue weighted by molar-refractivity contribution is -0.129. The van der Waals surface area contributed by atoms with Crippen molar-refractivity contribution in [1.29, 1.82) is 0 Å². The topological polar surface area (TPSA) is 54.5 Å². The number of fused-ring (bicyclic) bond motifs is 1. The van der Waals surface area contributed by atoms with E-state index in [2.05, 4.69) is 0 Å². The highest BCUT2D eigenvalue weighted by atomic mass is 16.2. The average Bonchev–Trinajstić information content (AvgIpc) is 2.67. The molecule has 1 fully saturated rings. The second-order valence-electron chi connectivity index (χ2n) is 5.15. The molecule has 98 valence electrons. The molecule has 2 amide bonds. The molecule has 0 bridgehead atoms. The lowest BCUT2D eigenvalue weighted by Crippen LogP contribution is -2.32. The minimum absolute atomic E-state index is 0.162. The van der Waals surface area contributed by atoms with Crippen LogP contribution in [0.15, 0.2) is 24.3 Å². The fourth-order valence-corrected chi connectivity index (χ4v) is 2.71. The zero-order valence-corrected chi connectivity index (χ0v) is 10.6. The number of carbonyl (C=O) groups excluding carboxylic acids is 3. The maximum absolute atomic E-state index is 12.1. The molecule has 1 atom stereocenters. The molecule has 0 spiro atoms. The van der Waals surface area contributed by atoms with E-state index in [4.69, 9.17) is 0 Å². The Balaban J connectivity index is 1.62. The summed E-state index contributed by atoms with van der Waals surface area (Å²) < 4.78 is 0. The first-order valence-corrected chi connectivity index (χ1v) is 6.66. The summed E-state index contributed by atoms with van der Waals surface area (Å²) in [6.07, 6.45) is 3.15. The largest absolute Gasteiger partial charge is 0.299 e. The van der Waals surface area contributed by atoms with E-state index in [1.54, 1.807) is 24.3 Å². The van der Waals surface area contributed by atoms with Crippen LogP contribution in [0.4, 0.5) is 0 Å². The normalized spacial score (nSPS) is 21.6. The highest BCUT2D eigenvalue weighted by Crippen LogP contribution is 2.28. The van der Waals surface area contributed by atoms with E-state index in [-0.39, 0.29) is 17.7 Å². The zero-order valence-electron chi connectivity index (χ0n) is 10.6. The van der Waals surface area contributed by atoms with Crippen molar-refractivity contribution in [1.82, 2.24) is 4.90 Å². The van der Waals surface area contributed by atoms with Crippen molar-refractivity contribution in [3.63, 3.8) is 0 Å². The first-order valence-electron chi connectivity index (χ1n) is 6.66. The van der Waals surface area contributed by atoms with Gasteiger partial charge in [0.1, 0.15) is 5.78 Å². The van der Waals surface area contributed by atoms with Crippen molar-refractivity contribution in [3.8, 4) is 0 Å². The van der Waals surface area contributed by atoms with Crippen LogP contribution in [-0.2, 0) is 4.79 Å². The van der Waals surface area contributed by atoms with Gasteiger partial charge in [0.2, 0.25) is 0 Å². The number of imide groups is 1. The van der Waals surface area contributed by atoms with Crippen molar-refractivity contribution in [2.45, 2.75) is 25.7 Å². The number of hydrogen-bond donors (Lipinski definition) is 0. The molecular formula is C15H15NO3. The van der Waals surface area contributed by atoms with Gasteiger partial charge in [-0.25, -0.2) is 0 Å². The Hall–Kier alpha value is -1.97. The van der Waals surface area contributed by atoms with Crippen molar-refractivity contribution < 1.29 is 14.4 Å². The van der Waals surface area contributed by atoms with Crippen LogP contribution in [0.5, 0.6) is 0 Å². The highest BCUT2D eigenvalue weighted by molar-refractivity contribution is 6.21. The van der Waals surface area contributed by atoms with E-state index in [0.29, 0.717) is 36.3 Å². The summed E-state index contributed by atoms with van der Waals surface area (Å²) >= 11 is 0. The number of nitrogens with zero attached hydrogens (tertiary/aromatic N) is 1. The van der Waals surface area contributed by atoms with Crippen molar-refractivity contribution in [2.75, 3.05) is 6.54 Å². The standard InChI is InChI=1S/C15H15NO3/c17-13-8-7-10(13)4-3-9-16-14(18)11-5-1-2-6-12(11)15(16)19/h1-2,5-6,10H,3-4,7-9H2/t10-/m1/s1. The quantitative estimate of drug-likeness (QED) is 0.776. The number of benzene rings is 1. The first-order chi connectivity index (χ1) is 9.18. The van der Waals surface area contributed by atoms with Crippen LogP contribution in [0.2, 0.25) is 0 Å². The number of ketones is 1. The molecule has 3 rings (SSSR count). The van der Waals surface area contributed by atoms with Crippen LogP contribution in [-0.4, -0.2) is 29.0 Å². The summed E-state index contributed by atoms with van der Waals surface area (Å²) in [5, 5.41) is 0. The van der Waals surface area contributed by atoms with Gasteiger partial charge in [0.15, 0.2) is 0 Å². The summed E-state index contributed by atoms with van der Waals surface area (Å²) in [6, 6.07) is 6.90. The fourth-order valence-electron chi connectivity index (χ4n) is 2.71. The van der Waals surface area contributed by atoms with E-state index in [1.165, 1.54) is 4.90 Å². The van der Waals surface area contributed by atoms with Crippen LogP contribution in [0.1, 0.15) is 46.4 Å². The van der Waals surface area contributed by atoms with Crippen LogP contribution in [0, 0.1) is 5.92 Å². The SMILES string of the molecule is O=C1CC[C@H]1CCCN1C(=O)c2ccccc2C1=O. The van der Waals surface area contributed by atoms with Gasteiger partial charge in [-0.05, 0) is 31.4 Å². The van der Waals surface area contributed by atoms with E-state index in [9.17, 15) is 14.4 Å². The third kappa shape index (κ3) is 1.97. The smallest absolute Gasteiger partial charge is 0.261 e. The summed E-state index contributed by atoms with van der Waals surface area (Å²) in [5.74, 6) is 0.0682. The number of Topliss-reactive ketones (excluding diaryl/α,β-unsaturated/α-hetero) is 1. The molecule has 1 aromatic rings. The molecule has 1 aromatic carbocycles. The molecule has 0 N–H and O–H groups in total. The molecule has 1 aliphatic heterocycles. The second-order valence-corrected chi connectivity index (χ2v) is 5.15. The van der Waals surface area contributed by atoms with Gasteiger partial charge in [0.05, 0.1) is 11.1 Å². The summed E-state index contributed by atoms with van der Waals surface area (Å²) in [7, 11) is 0. The molecule has 1 heterocycles. The molecular weight excluding hydrogens is 242 g/mol. The van der Waals surface area contributed by atoms with Gasteiger partial charge < -0.3 is 0 Å². The second kappa shape index (κ2) is 4.61.